The number of fused-ring (bicyclic) bond motifs is 2. The fraction of sp³-hybridized carbons (Fsp3) is 0.270. The van der Waals surface area contributed by atoms with E-state index >= 15 is 0 Å². The van der Waals surface area contributed by atoms with Crippen LogP contribution in [0.1, 0.15) is 36.1 Å². The van der Waals surface area contributed by atoms with Crippen LogP contribution in [0.2, 0.25) is 0 Å². The fourth-order valence-electron chi connectivity index (χ4n) is 6.84. The number of nitrogens with one attached hydrogen (secondary N) is 1. The molecule has 3 aromatic heterocycles. The lowest BCUT2D eigenvalue weighted by atomic mass is 9.94. The molecule has 1 aliphatic heterocycles. The van der Waals surface area contributed by atoms with Gasteiger partial charge in [0.15, 0.2) is 0 Å². The number of halogens is 3. The van der Waals surface area contributed by atoms with E-state index in [4.69, 9.17) is 9.47 Å². The van der Waals surface area contributed by atoms with Crippen LogP contribution in [0.25, 0.3) is 33.2 Å². The number of H-pyrrole nitrogens is 1. The average Bonchev–Trinajstić information content (AvgIpc) is 3.79. The third kappa shape index (κ3) is 6.68. The summed E-state index contributed by atoms with van der Waals surface area (Å²) in [5.41, 5.74) is 2.80. The number of carbonyl (C=O) groups is 2. The third-order valence-electron chi connectivity index (χ3n) is 9.36. The number of nitrogens with zero attached hydrogens (tertiary/aromatic N) is 6. The Morgan fingerprint density at radius 3 is 2.48 bits per heavy atom. The maximum absolute atomic E-state index is 14.3. The molecular weight excluding hydrogens is 679 g/mol. The van der Waals surface area contributed by atoms with Gasteiger partial charge in [-0.2, -0.15) is 13.2 Å². The van der Waals surface area contributed by atoms with Crippen molar-refractivity contribution in [3.05, 3.63) is 102 Å². The van der Waals surface area contributed by atoms with E-state index in [9.17, 15) is 27.9 Å². The number of likely N-dealkylation sites (tertiary alicyclic amines) is 1. The number of ether oxygens (including phenoxy) is 2. The summed E-state index contributed by atoms with van der Waals surface area (Å²) in [7, 11) is 2.90. The molecule has 2 N–H and O–H groups in total. The molecule has 7 rings (SSSR count). The SMILES string of the molecule is COc1ccc2nc(C(F)(F)F)n(CC(=O)N3CC[C@H](N(Cc4ccccc4)C(=O)O)C[C@H]3c3ncc(-c4cc5ccccc5nc4OC)[nH]3)c2c1. The van der Waals surface area contributed by atoms with Gasteiger partial charge in [-0.05, 0) is 42.7 Å². The van der Waals surface area contributed by atoms with Crippen LogP contribution >= 0.6 is 0 Å². The zero-order valence-electron chi connectivity index (χ0n) is 28.2. The summed E-state index contributed by atoms with van der Waals surface area (Å²) in [6.07, 6.45) is -4.02. The van der Waals surface area contributed by atoms with Gasteiger partial charge in [-0.15, -0.1) is 0 Å². The number of piperidine rings is 1. The predicted octanol–water partition coefficient (Wildman–Crippen LogP) is 6.92. The Bertz CT molecular complexity index is 2260. The van der Waals surface area contributed by atoms with Crippen molar-refractivity contribution in [1.82, 2.24) is 34.3 Å². The molecule has 12 nitrogen and oxygen atoms in total. The van der Waals surface area contributed by atoms with Gasteiger partial charge in [0, 0.05) is 30.6 Å². The van der Waals surface area contributed by atoms with Crippen molar-refractivity contribution in [1.29, 1.82) is 0 Å². The Labute approximate surface area is 295 Å². The second kappa shape index (κ2) is 13.9. The number of hydrogen-bond donors (Lipinski definition) is 2. The Balaban J connectivity index is 1.27. The van der Waals surface area contributed by atoms with Crippen molar-refractivity contribution in [2.45, 2.75) is 44.2 Å². The number of methoxy groups -OCH3 is 2. The van der Waals surface area contributed by atoms with Crippen LogP contribution in [0.5, 0.6) is 11.6 Å². The maximum atomic E-state index is 14.3. The fourth-order valence-corrected chi connectivity index (χ4v) is 6.84. The number of para-hydroxylation sites is 1. The minimum atomic E-state index is -4.85. The van der Waals surface area contributed by atoms with Crippen molar-refractivity contribution in [3.8, 4) is 22.9 Å². The number of carbonyl (C=O) groups excluding carboxylic acids is 1. The van der Waals surface area contributed by atoms with Gasteiger partial charge in [-0.25, -0.2) is 19.7 Å². The molecule has 4 heterocycles. The summed E-state index contributed by atoms with van der Waals surface area (Å²) < 4.78 is 54.6. The topological polar surface area (TPSA) is 139 Å². The van der Waals surface area contributed by atoms with Crippen molar-refractivity contribution in [3.63, 3.8) is 0 Å². The highest BCUT2D eigenvalue weighted by atomic mass is 19.4. The van der Waals surface area contributed by atoms with Crippen molar-refractivity contribution in [2.75, 3.05) is 20.8 Å². The molecule has 268 valence electrons. The summed E-state index contributed by atoms with van der Waals surface area (Å²) in [5.74, 6) is -0.857. The Morgan fingerprint density at radius 2 is 1.75 bits per heavy atom. The number of aromatic amines is 1. The highest BCUT2D eigenvalue weighted by molar-refractivity contribution is 5.86. The average molecular weight is 714 g/mol. The second-order valence-electron chi connectivity index (χ2n) is 12.5. The first kappa shape index (κ1) is 34.3. The number of hydrogen-bond acceptors (Lipinski definition) is 7. The van der Waals surface area contributed by atoms with Gasteiger partial charge in [0.1, 0.15) is 18.1 Å². The molecule has 0 unspecified atom stereocenters. The summed E-state index contributed by atoms with van der Waals surface area (Å²) in [4.78, 5) is 46.0. The number of benzene rings is 3. The zero-order chi connectivity index (χ0) is 36.6. The number of carboxylic acid groups (broad SMARTS) is 1. The van der Waals surface area contributed by atoms with Crippen LogP contribution in [0.3, 0.4) is 0 Å². The molecule has 2 amide bonds. The molecule has 2 atom stereocenters. The van der Waals surface area contributed by atoms with E-state index in [0.717, 1.165) is 21.0 Å². The molecule has 0 saturated carbocycles. The lowest BCUT2D eigenvalue weighted by Gasteiger charge is -2.42. The first-order valence-corrected chi connectivity index (χ1v) is 16.5. The smallest absolute Gasteiger partial charge is 0.449 e. The van der Waals surface area contributed by atoms with Crippen LogP contribution < -0.4 is 9.47 Å². The van der Waals surface area contributed by atoms with Crippen molar-refractivity contribution < 1.29 is 37.3 Å². The van der Waals surface area contributed by atoms with Gasteiger partial charge >= 0.3 is 12.3 Å². The minimum Gasteiger partial charge on any atom is -0.497 e. The third-order valence-corrected chi connectivity index (χ3v) is 9.36. The van der Waals surface area contributed by atoms with Crippen LogP contribution in [0, 0.1) is 0 Å². The Hall–Kier alpha value is -6.12. The van der Waals surface area contributed by atoms with Crippen LogP contribution in [-0.2, 0) is 24.1 Å². The number of rotatable bonds is 9. The molecule has 0 radical (unpaired) electrons. The van der Waals surface area contributed by atoms with Gasteiger partial charge in [-0.1, -0.05) is 48.5 Å². The first-order valence-electron chi connectivity index (χ1n) is 16.5. The number of imidazole rings is 2. The lowest BCUT2D eigenvalue weighted by molar-refractivity contribution is -0.148. The lowest BCUT2D eigenvalue weighted by Crippen LogP contribution is -2.50. The number of amides is 2. The van der Waals surface area contributed by atoms with Gasteiger partial charge in [0.25, 0.3) is 0 Å². The molecule has 1 fully saturated rings. The van der Waals surface area contributed by atoms with Gasteiger partial charge in [-0.3, -0.25) is 4.79 Å². The van der Waals surface area contributed by atoms with Crippen LogP contribution in [-0.4, -0.2) is 78.2 Å². The Morgan fingerprint density at radius 1 is 0.981 bits per heavy atom. The summed E-state index contributed by atoms with van der Waals surface area (Å²) in [6.45, 7) is -0.508. The number of alkyl halides is 3. The van der Waals surface area contributed by atoms with E-state index in [1.54, 1.807) is 6.20 Å². The summed E-state index contributed by atoms with van der Waals surface area (Å²) in [6, 6.07) is 21.5. The van der Waals surface area contributed by atoms with Crippen molar-refractivity contribution in [2.24, 2.45) is 0 Å². The quantitative estimate of drug-likeness (QED) is 0.165. The molecule has 52 heavy (non-hydrogen) atoms. The maximum Gasteiger partial charge on any atom is 0.449 e. The highest BCUT2D eigenvalue weighted by Crippen LogP contribution is 2.38. The molecule has 3 aromatic carbocycles. The summed E-state index contributed by atoms with van der Waals surface area (Å²) >= 11 is 0. The van der Waals surface area contributed by atoms with Gasteiger partial charge in [0.05, 0.1) is 54.3 Å². The molecular formula is C37H34F3N7O5. The molecule has 0 aliphatic carbocycles. The van der Waals surface area contributed by atoms with E-state index in [-0.39, 0.29) is 37.0 Å². The van der Waals surface area contributed by atoms with E-state index < -0.39 is 42.6 Å². The Kier molecular flexibility index (Phi) is 9.17. The second-order valence-corrected chi connectivity index (χ2v) is 12.5. The molecule has 0 bridgehead atoms. The predicted molar refractivity (Wildman–Crippen MR) is 185 cm³/mol. The van der Waals surface area contributed by atoms with E-state index in [1.165, 1.54) is 42.2 Å². The van der Waals surface area contributed by atoms with E-state index in [1.807, 2.05) is 60.7 Å². The number of pyridine rings is 1. The monoisotopic (exact) mass is 713 g/mol. The van der Waals surface area contributed by atoms with Crippen LogP contribution in [0.4, 0.5) is 18.0 Å². The first-order chi connectivity index (χ1) is 25.0. The summed E-state index contributed by atoms with van der Waals surface area (Å²) in [5, 5.41) is 11.2. The van der Waals surface area contributed by atoms with Crippen LogP contribution in [0.15, 0.2) is 85.1 Å². The standard InChI is InChI=1S/C37H34F3N7O5/c1-51-25-12-13-28-30(18-25)47(35(44-28)37(38,39)40)21-32(48)45-15-14-24(46(36(49)50)20-22-8-4-3-5-9-22)17-31(45)33-41-19-29(42-33)26-16-23-10-6-7-11-27(23)43-34(26)52-2/h3-13,16,18-19,24,31H,14-15,17,20-21H2,1-2H3,(H,41,42)(H,49,50)/t24-,31-/m0/s1. The molecule has 15 heteroatoms. The van der Waals surface area contributed by atoms with E-state index in [0.29, 0.717) is 28.7 Å². The van der Waals surface area contributed by atoms with Gasteiger partial charge < -0.3 is 33.9 Å². The zero-order valence-corrected chi connectivity index (χ0v) is 28.2. The van der Waals surface area contributed by atoms with E-state index in [2.05, 4.69) is 19.9 Å². The molecule has 1 saturated heterocycles. The normalized spacial score (nSPS) is 16.3. The molecule has 0 spiro atoms. The largest absolute Gasteiger partial charge is 0.497 e. The minimum absolute atomic E-state index is 0.0565. The van der Waals surface area contributed by atoms with Gasteiger partial charge in [0.2, 0.25) is 17.6 Å². The molecule has 1 aliphatic rings. The molecule has 6 aromatic rings. The highest BCUT2D eigenvalue weighted by Gasteiger charge is 2.41. The van der Waals surface area contributed by atoms with Crippen molar-refractivity contribution >= 4 is 33.9 Å². The number of aromatic nitrogens is 5.